The van der Waals surface area contributed by atoms with E-state index in [1.807, 2.05) is 6.92 Å². The van der Waals surface area contributed by atoms with Gasteiger partial charge in [-0.2, -0.15) is 0 Å². The molecule has 70 valence electrons. The molecule has 0 amide bonds. The summed E-state index contributed by atoms with van der Waals surface area (Å²) >= 11 is 8.60. The zero-order chi connectivity index (χ0) is 10.0. The van der Waals surface area contributed by atoms with E-state index in [1.54, 1.807) is 19.2 Å². The van der Waals surface area contributed by atoms with Crippen LogP contribution in [0, 0.1) is 6.92 Å². The van der Waals surface area contributed by atoms with Crippen molar-refractivity contribution in [2.24, 2.45) is 0 Å². The molecule has 0 N–H and O–H groups in total. The maximum atomic E-state index is 10.9. The van der Waals surface area contributed by atoms with Gasteiger partial charge in [0.1, 0.15) is 5.75 Å². The van der Waals surface area contributed by atoms with Gasteiger partial charge in [-0.05, 0) is 52.2 Å². The quantitative estimate of drug-likeness (QED) is 0.766. The Balaban J connectivity index is 3.28. The molecule has 0 atom stereocenters. The van der Waals surface area contributed by atoms with Crippen LogP contribution in [0.15, 0.2) is 16.6 Å². The van der Waals surface area contributed by atoms with Crippen LogP contribution in [0.1, 0.15) is 15.9 Å². The van der Waals surface area contributed by atoms with Crippen LogP contribution in [0.4, 0.5) is 0 Å². The molecule has 2 nitrogen and oxygen atoms in total. The Kier molecular flexibility index (Phi) is 3.33. The van der Waals surface area contributed by atoms with Crippen LogP contribution in [0.5, 0.6) is 5.75 Å². The SMILES string of the molecule is COc1cc(Br)c(C(=O)Cl)cc1C. The predicted molar refractivity (Wildman–Crippen MR) is 55.6 cm³/mol. The monoisotopic (exact) mass is 262 g/mol. The minimum absolute atomic E-state index is 0.458. The number of aryl methyl sites for hydroxylation is 1. The zero-order valence-electron chi connectivity index (χ0n) is 7.23. The summed E-state index contributed by atoms with van der Waals surface area (Å²) < 4.78 is 5.72. The van der Waals surface area contributed by atoms with Crippen molar-refractivity contribution >= 4 is 32.8 Å². The van der Waals surface area contributed by atoms with Crippen molar-refractivity contribution in [3.8, 4) is 5.75 Å². The summed E-state index contributed by atoms with van der Waals surface area (Å²) in [5, 5.41) is -0.474. The van der Waals surface area contributed by atoms with E-state index >= 15 is 0 Å². The molecule has 13 heavy (non-hydrogen) atoms. The first kappa shape index (κ1) is 10.5. The molecule has 4 heteroatoms. The summed E-state index contributed by atoms with van der Waals surface area (Å²) in [6, 6.07) is 3.42. The molecule has 0 heterocycles. The minimum atomic E-state index is -0.474. The molecular formula is C9H8BrClO2. The first-order valence-electron chi connectivity index (χ1n) is 3.60. The van der Waals surface area contributed by atoms with Crippen LogP contribution in [0.2, 0.25) is 0 Å². The van der Waals surface area contributed by atoms with E-state index in [9.17, 15) is 4.79 Å². The van der Waals surface area contributed by atoms with Crippen molar-refractivity contribution in [3.05, 3.63) is 27.7 Å². The van der Waals surface area contributed by atoms with E-state index in [-0.39, 0.29) is 0 Å². The van der Waals surface area contributed by atoms with E-state index in [1.165, 1.54) is 0 Å². The second-order valence-corrected chi connectivity index (χ2v) is 3.77. The van der Waals surface area contributed by atoms with Crippen molar-refractivity contribution in [3.63, 3.8) is 0 Å². The molecule has 1 rings (SSSR count). The molecule has 0 aliphatic rings. The third-order valence-electron chi connectivity index (χ3n) is 1.70. The van der Waals surface area contributed by atoms with Crippen molar-refractivity contribution in [1.29, 1.82) is 0 Å². The smallest absolute Gasteiger partial charge is 0.253 e. The molecular weight excluding hydrogens is 255 g/mol. The lowest BCUT2D eigenvalue weighted by Gasteiger charge is -2.07. The van der Waals surface area contributed by atoms with Crippen LogP contribution in [-0.4, -0.2) is 12.4 Å². The maximum Gasteiger partial charge on any atom is 0.253 e. The Morgan fingerprint density at radius 1 is 1.54 bits per heavy atom. The van der Waals surface area contributed by atoms with E-state index in [4.69, 9.17) is 16.3 Å². The predicted octanol–water partition coefficient (Wildman–Crippen LogP) is 3.15. The molecule has 1 aromatic rings. The van der Waals surface area contributed by atoms with Gasteiger partial charge in [-0.1, -0.05) is 0 Å². The summed E-state index contributed by atoms with van der Waals surface area (Å²) in [7, 11) is 1.58. The maximum absolute atomic E-state index is 10.9. The van der Waals surface area contributed by atoms with Gasteiger partial charge in [0.05, 0.1) is 7.11 Å². The largest absolute Gasteiger partial charge is 0.496 e. The van der Waals surface area contributed by atoms with Crippen LogP contribution in [0.25, 0.3) is 0 Å². The average Bonchev–Trinajstić information content (AvgIpc) is 2.07. The summed E-state index contributed by atoms with van der Waals surface area (Å²) in [5.74, 6) is 0.730. The molecule has 1 aromatic carbocycles. The fraction of sp³-hybridized carbons (Fsp3) is 0.222. The molecule has 0 saturated carbocycles. The summed E-state index contributed by atoms with van der Waals surface area (Å²) in [4.78, 5) is 10.9. The Morgan fingerprint density at radius 2 is 2.15 bits per heavy atom. The fourth-order valence-electron chi connectivity index (χ4n) is 1.03. The average molecular weight is 264 g/mol. The van der Waals surface area contributed by atoms with Gasteiger partial charge >= 0.3 is 0 Å². The van der Waals surface area contributed by atoms with E-state index in [0.29, 0.717) is 10.0 Å². The van der Waals surface area contributed by atoms with Gasteiger partial charge in [0, 0.05) is 10.0 Å². The van der Waals surface area contributed by atoms with Crippen molar-refractivity contribution in [2.45, 2.75) is 6.92 Å². The number of carbonyl (C=O) groups excluding carboxylic acids is 1. The fourth-order valence-corrected chi connectivity index (χ4v) is 1.81. The number of ether oxygens (including phenoxy) is 1. The minimum Gasteiger partial charge on any atom is -0.496 e. The Hall–Kier alpha value is -0.540. The highest BCUT2D eigenvalue weighted by atomic mass is 79.9. The van der Waals surface area contributed by atoms with Crippen LogP contribution < -0.4 is 4.74 Å². The van der Waals surface area contributed by atoms with E-state index in [2.05, 4.69) is 15.9 Å². The van der Waals surface area contributed by atoms with Crippen LogP contribution in [-0.2, 0) is 0 Å². The van der Waals surface area contributed by atoms with Gasteiger partial charge in [-0.3, -0.25) is 4.79 Å². The molecule has 0 unspecified atom stereocenters. The highest BCUT2D eigenvalue weighted by Gasteiger charge is 2.10. The van der Waals surface area contributed by atoms with Crippen molar-refractivity contribution in [1.82, 2.24) is 0 Å². The van der Waals surface area contributed by atoms with Crippen molar-refractivity contribution in [2.75, 3.05) is 7.11 Å². The van der Waals surface area contributed by atoms with Crippen LogP contribution in [0.3, 0.4) is 0 Å². The second-order valence-electron chi connectivity index (χ2n) is 2.58. The third kappa shape index (κ3) is 2.23. The van der Waals surface area contributed by atoms with Gasteiger partial charge < -0.3 is 4.74 Å². The number of carbonyl (C=O) groups is 1. The molecule has 0 aromatic heterocycles. The lowest BCUT2D eigenvalue weighted by Crippen LogP contribution is -1.94. The molecule has 0 spiro atoms. The Morgan fingerprint density at radius 3 is 2.62 bits per heavy atom. The molecule has 0 aliphatic carbocycles. The molecule has 0 bridgehead atoms. The number of rotatable bonds is 2. The van der Waals surface area contributed by atoms with E-state index in [0.717, 1.165) is 11.3 Å². The number of halogens is 2. The normalized spacial score (nSPS) is 9.85. The number of benzene rings is 1. The van der Waals surface area contributed by atoms with Gasteiger partial charge in [0.2, 0.25) is 0 Å². The molecule has 0 saturated heterocycles. The Labute approximate surface area is 90.0 Å². The highest BCUT2D eigenvalue weighted by Crippen LogP contribution is 2.27. The Bertz CT molecular complexity index is 350. The standard InChI is InChI=1S/C9H8BrClO2/c1-5-3-6(9(11)12)7(10)4-8(5)13-2/h3-4H,1-2H3. The van der Waals surface area contributed by atoms with Gasteiger partial charge in [-0.15, -0.1) is 0 Å². The first-order valence-corrected chi connectivity index (χ1v) is 4.77. The summed E-state index contributed by atoms with van der Waals surface area (Å²) in [5.41, 5.74) is 1.34. The zero-order valence-corrected chi connectivity index (χ0v) is 9.57. The van der Waals surface area contributed by atoms with Crippen LogP contribution >= 0.6 is 27.5 Å². The lowest BCUT2D eigenvalue weighted by molar-refractivity contribution is 0.108. The number of hydrogen-bond acceptors (Lipinski definition) is 2. The highest BCUT2D eigenvalue weighted by molar-refractivity contribution is 9.10. The lowest BCUT2D eigenvalue weighted by atomic mass is 10.1. The summed E-state index contributed by atoms with van der Waals surface area (Å²) in [6.45, 7) is 1.86. The topological polar surface area (TPSA) is 26.3 Å². The van der Waals surface area contributed by atoms with Gasteiger partial charge in [-0.25, -0.2) is 0 Å². The number of methoxy groups -OCH3 is 1. The summed E-state index contributed by atoms with van der Waals surface area (Å²) in [6.07, 6.45) is 0. The molecule has 0 fully saturated rings. The van der Waals surface area contributed by atoms with Gasteiger partial charge in [0.25, 0.3) is 5.24 Å². The van der Waals surface area contributed by atoms with E-state index < -0.39 is 5.24 Å². The first-order chi connectivity index (χ1) is 6.06. The van der Waals surface area contributed by atoms with Gasteiger partial charge in [0.15, 0.2) is 0 Å². The third-order valence-corrected chi connectivity index (χ3v) is 2.56. The second kappa shape index (κ2) is 4.11. The van der Waals surface area contributed by atoms with Crippen molar-refractivity contribution < 1.29 is 9.53 Å². The molecule has 0 radical (unpaired) electrons. The number of hydrogen-bond donors (Lipinski definition) is 0. The molecule has 0 aliphatic heterocycles.